The molecule has 2 saturated carbocycles. The van der Waals surface area contributed by atoms with Gasteiger partial charge in [0.15, 0.2) is 0 Å². The zero-order valence-electron chi connectivity index (χ0n) is 13.6. The number of amides is 2. The molecule has 2 rings (SSSR count). The number of hydrogen-bond donors (Lipinski definition) is 3. The molecule has 0 spiro atoms. The third-order valence-electron chi connectivity index (χ3n) is 6.22. The minimum absolute atomic E-state index is 0.0147. The molecule has 0 atom stereocenters. The molecule has 3 N–H and O–H groups in total. The van der Waals surface area contributed by atoms with Crippen LogP contribution in [0.1, 0.15) is 59.8 Å². The lowest BCUT2D eigenvalue weighted by Crippen LogP contribution is -2.52. The summed E-state index contributed by atoms with van der Waals surface area (Å²) in [5, 5.41) is 14.9. The Hall–Kier alpha value is -1.26. The average Bonchev–Trinajstić information content (AvgIpc) is 2.66. The van der Waals surface area contributed by atoms with E-state index in [0.717, 1.165) is 25.7 Å². The molecule has 0 aromatic rings. The molecule has 120 valence electrons. The van der Waals surface area contributed by atoms with Crippen molar-refractivity contribution in [3.05, 3.63) is 0 Å². The van der Waals surface area contributed by atoms with E-state index in [-0.39, 0.29) is 23.3 Å². The van der Waals surface area contributed by atoms with E-state index in [2.05, 4.69) is 38.3 Å². The highest BCUT2D eigenvalue weighted by Crippen LogP contribution is 2.67. The first-order valence-corrected chi connectivity index (χ1v) is 7.89. The lowest BCUT2D eigenvalue weighted by molar-refractivity contribution is -0.138. The zero-order chi connectivity index (χ0) is 15.9. The highest BCUT2D eigenvalue weighted by molar-refractivity contribution is 5.77. The maximum atomic E-state index is 12.1. The molecular weight excluding hydrogens is 268 g/mol. The summed E-state index contributed by atoms with van der Waals surface area (Å²) in [4.78, 5) is 23.1. The molecule has 0 aromatic heterocycles. The second-order valence-electron chi connectivity index (χ2n) is 7.89. The van der Waals surface area contributed by atoms with Crippen LogP contribution in [0.3, 0.4) is 0 Å². The van der Waals surface area contributed by atoms with Crippen molar-refractivity contribution in [3.8, 4) is 0 Å². The molecule has 0 unspecified atom stereocenters. The Morgan fingerprint density at radius 1 is 1.10 bits per heavy atom. The van der Waals surface area contributed by atoms with Crippen LogP contribution in [-0.2, 0) is 4.79 Å². The van der Waals surface area contributed by atoms with E-state index in [1.165, 1.54) is 0 Å². The fourth-order valence-electron chi connectivity index (χ4n) is 4.01. The summed E-state index contributed by atoms with van der Waals surface area (Å²) in [5.41, 5.74) is -0.0662. The predicted molar refractivity (Wildman–Crippen MR) is 81.0 cm³/mol. The van der Waals surface area contributed by atoms with Crippen LogP contribution in [0.2, 0.25) is 0 Å². The molecule has 21 heavy (non-hydrogen) atoms. The largest absolute Gasteiger partial charge is 0.481 e. The monoisotopic (exact) mass is 296 g/mol. The number of carbonyl (C=O) groups excluding carboxylic acids is 1. The Balaban J connectivity index is 1.85. The van der Waals surface area contributed by atoms with Crippen LogP contribution < -0.4 is 10.6 Å². The van der Waals surface area contributed by atoms with Gasteiger partial charge in [-0.2, -0.15) is 0 Å². The number of aliphatic carboxylic acids is 1. The normalized spacial score (nSPS) is 25.3. The Kier molecular flexibility index (Phi) is 3.98. The van der Waals surface area contributed by atoms with E-state index in [9.17, 15) is 9.59 Å². The van der Waals surface area contributed by atoms with Gasteiger partial charge in [-0.25, -0.2) is 4.79 Å². The van der Waals surface area contributed by atoms with Crippen LogP contribution in [0.15, 0.2) is 0 Å². The van der Waals surface area contributed by atoms with Crippen LogP contribution in [-0.4, -0.2) is 29.2 Å². The quantitative estimate of drug-likeness (QED) is 0.730. The summed E-state index contributed by atoms with van der Waals surface area (Å²) in [7, 11) is 0. The molecule has 5 nitrogen and oxygen atoms in total. The topological polar surface area (TPSA) is 78.4 Å². The third-order valence-corrected chi connectivity index (χ3v) is 6.22. The Morgan fingerprint density at radius 2 is 1.62 bits per heavy atom. The van der Waals surface area contributed by atoms with Crippen molar-refractivity contribution in [2.45, 2.75) is 65.3 Å². The van der Waals surface area contributed by atoms with Crippen molar-refractivity contribution in [2.75, 3.05) is 6.54 Å². The summed E-state index contributed by atoms with van der Waals surface area (Å²) in [6, 6.07) is -0.225. The molecule has 5 heteroatoms. The highest BCUT2D eigenvalue weighted by atomic mass is 16.4. The van der Waals surface area contributed by atoms with E-state index < -0.39 is 11.5 Å². The first-order chi connectivity index (χ1) is 9.61. The molecular formula is C16H28N2O3. The summed E-state index contributed by atoms with van der Waals surface area (Å²) >= 11 is 0. The average molecular weight is 296 g/mol. The highest BCUT2D eigenvalue weighted by Gasteiger charge is 2.64. The molecule has 2 fully saturated rings. The number of hydrogen-bond acceptors (Lipinski definition) is 2. The SMILES string of the molecule is CC1(C)C(CNC(=O)NC2(CC(=O)O)CCCC2)C1(C)C. The number of rotatable bonds is 5. The van der Waals surface area contributed by atoms with Gasteiger partial charge in [-0.1, -0.05) is 40.5 Å². The molecule has 2 amide bonds. The van der Waals surface area contributed by atoms with Gasteiger partial charge in [-0.15, -0.1) is 0 Å². The van der Waals surface area contributed by atoms with Crippen LogP contribution in [0.5, 0.6) is 0 Å². The van der Waals surface area contributed by atoms with Crippen molar-refractivity contribution in [3.63, 3.8) is 0 Å². The number of carbonyl (C=O) groups is 2. The first-order valence-electron chi connectivity index (χ1n) is 7.89. The molecule has 0 radical (unpaired) electrons. The van der Waals surface area contributed by atoms with Gasteiger partial charge < -0.3 is 15.7 Å². The number of carboxylic acids is 1. The fraction of sp³-hybridized carbons (Fsp3) is 0.875. The minimum Gasteiger partial charge on any atom is -0.481 e. The minimum atomic E-state index is -0.846. The van der Waals surface area contributed by atoms with E-state index in [0.29, 0.717) is 12.5 Å². The maximum Gasteiger partial charge on any atom is 0.315 e. The second kappa shape index (κ2) is 5.18. The first kappa shape index (κ1) is 16.1. The van der Waals surface area contributed by atoms with Gasteiger partial charge in [-0.05, 0) is 29.6 Å². The number of urea groups is 1. The summed E-state index contributed by atoms with van der Waals surface area (Å²) in [6.45, 7) is 9.54. The van der Waals surface area contributed by atoms with Crippen LogP contribution in [0.25, 0.3) is 0 Å². The molecule has 0 aromatic carbocycles. The van der Waals surface area contributed by atoms with Gasteiger partial charge in [0, 0.05) is 6.54 Å². The second-order valence-corrected chi connectivity index (χ2v) is 7.89. The van der Waals surface area contributed by atoms with Gasteiger partial charge in [0.05, 0.1) is 12.0 Å². The Labute approximate surface area is 126 Å². The molecule has 0 heterocycles. The molecule has 0 saturated heterocycles. The van der Waals surface area contributed by atoms with E-state index >= 15 is 0 Å². The van der Waals surface area contributed by atoms with Crippen molar-refractivity contribution < 1.29 is 14.7 Å². The van der Waals surface area contributed by atoms with Gasteiger partial charge in [-0.3, -0.25) is 4.79 Å². The Bertz CT molecular complexity index is 423. The van der Waals surface area contributed by atoms with Crippen molar-refractivity contribution in [1.29, 1.82) is 0 Å². The lowest BCUT2D eigenvalue weighted by atomic mass is 9.93. The Morgan fingerprint density at radius 3 is 2.05 bits per heavy atom. The fourth-order valence-corrected chi connectivity index (χ4v) is 4.01. The maximum absolute atomic E-state index is 12.1. The molecule has 0 aliphatic heterocycles. The van der Waals surface area contributed by atoms with Crippen molar-refractivity contribution in [1.82, 2.24) is 10.6 Å². The molecule has 0 bridgehead atoms. The van der Waals surface area contributed by atoms with Crippen LogP contribution in [0, 0.1) is 16.7 Å². The lowest BCUT2D eigenvalue weighted by Gasteiger charge is -2.28. The van der Waals surface area contributed by atoms with E-state index in [4.69, 9.17) is 5.11 Å². The van der Waals surface area contributed by atoms with Gasteiger partial charge in [0.2, 0.25) is 0 Å². The predicted octanol–water partition coefficient (Wildman–Crippen LogP) is 2.76. The van der Waals surface area contributed by atoms with Gasteiger partial charge in [0.1, 0.15) is 0 Å². The van der Waals surface area contributed by atoms with Crippen LogP contribution >= 0.6 is 0 Å². The zero-order valence-corrected chi connectivity index (χ0v) is 13.6. The van der Waals surface area contributed by atoms with Crippen molar-refractivity contribution in [2.24, 2.45) is 16.7 Å². The van der Waals surface area contributed by atoms with Crippen molar-refractivity contribution >= 4 is 12.0 Å². The summed E-state index contributed by atoms with van der Waals surface area (Å²) in [5.74, 6) is -0.378. The van der Waals surface area contributed by atoms with Gasteiger partial charge in [0.25, 0.3) is 0 Å². The van der Waals surface area contributed by atoms with Crippen LogP contribution in [0.4, 0.5) is 4.79 Å². The van der Waals surface area contributed by atoms with E-state index in [1.807, 2.05) is 0 Å². The summed E-state index contributed by atoms with van der Waals surface area (Å²) in [6.07, 6.45) is 3.49. The number of carboxylic acid groups (broad SMARTS) is 1. The standard InChI is InChI=1S/C16H28N2O3/c1-14(2)11(15(14,3)4)10-17-13(21)18-16(9-12(19)20)7-5-6-8-16/h11H,5-10H2,1-4H3,(H,19,20)(H2,17,18,21). The summed E-state index contributed by atoms with van der Waals surface area (Å²) < 4.78 is 0. The van der Waals surface area contributed by atoms with Gasteiger partial charge >= 0.3 is 12.0 Å². The van der Waals surface area contributed by atoms with E-state index in [1.54, 1.807) is 0 Å². The smallest absolute Gasteiger partial charge is 0.315 e. The number of nitrogens with one attached hydrogen (secondary N) is 2. The molecule has 2 aliphatic carbocycles. The third kappa shape index (κ3) is 3.01. The molecule has 2 aliphatic rings.